The van der Waals surface area contributed by atoms with Crippen molar-refractivity contribution >= 4 is 34.4 Å². The zero-order valence-corrected chi connectivity index (χ0v) is 29.2. The number of nitrogens with zero attached hydrogens (tertiary/aromatic N) is 2. The first-order chi connectivity index (χ1) is 20.5. The van der Waals surface area contributed by atoms with Crippen LogP contribution in [-0.2, 0) is 6.42 Å². The normalized spacial score (nSPS) is 18.6. The van der Waals surface area contributed by atoms with Crippen molar-refractivity contribution in [3.05, 3.63) is 95.2 Å². The molecule has 1 aliphatic rings. The lowest BCUT2D eigenvalue weighted by Gasteiger charge is -2.45. The maximum absolute atomic E-state index is 16.4. The zero-order valence-electron chi connectivity index (χ0n) is 28.4. The number of hydrogen-bond acceptors (Lipinski definition) is 2. The molecule has 0 N–H and O–H groups in total. The first-order valence-corrected chi connectivity index (χ1v) is 17.2. The van der Waals surface area contributed by atoms with Crippen molar-refractivity contribution in [3.63, 3.8) is 0 Å². The van der Waals surface area contributed by atoms with E-state index in [-0.39, 0.29) is 22.4 Å². The molecule has 0 aliphatic carbocycles. The smallest absolute Gasteiger partial charge is 0.131 e. The van der Waals surface area contributed by atoms with Crippen molar-refractivity contribution in [2.24, 2.45) is 10.8 Å². The highest BCUT2D eigenvalue weighted by Crippen LogP contribution is 2.46. The SMILES string of the molecule is C=C(/C=C/c1cc(F)c(C2c3c(c4ccccc4n3C(=C)CCC(C)SC)C[C@@H](C)N2CC(C)(C)C)c(F)c1)CC(C)(C)C. The molecule has 0 saturated carbocycles. The fourth-order valence-corrected chi connectivity index (χ4v) is 6.96. The van der Waals surface area contributed by atoms with Crippen LogP contribution in [0.25, 0.3) is 22.7 Å². The zero-order chi connectivity index (χ0) is 32.6. The van der Waals surface area contributed by atoms with E-state index in [0.717, 1.165) is 53.6 Å². The molecule has 4 rings (SSSR count). The molecule has 2 nitrogen and oxygen atoms in total. The largest absolute Gasteiger partial charge is 0.316 e. The Morgan fingerprint density at radius 2 is 1.68 bits per heavy atom. The molecule has 3 atom stereocenters. The number of rotatable bonds is 10. The van der Waals surface area contributed by atoms with Gasteiger partial charge in [0.1, 0.15) is 11.6 Å². The van der Waals surface area contributed by atoms with Crippen molar-refractivity contribution in [1.29, 1.82) is 0 Å². The number of benzene rings is 2. The summed E-state index contributed by atoms with van der Waals surface area (Å²) < 4.78 is 35.1. The molecule has 1 aromatic heterocycles. The predicted octanol–water partition coefficient (Wildman–Crippen LogP) is 11.3. The van der Waals surface area contributed by atoms with E-state index in [0.29, 0.717) is 17.4 Å². The van der Waals surface area contributed by atoms with Crippen LogP contribution in [0.2, 0.25) is 0 Å². The second-order valence-corrected chi connectivity index (χ2v) is 16.5. The van der Waals surface area contributed by atoms with Gasteiger partial charge >= 0.3 is 0 Å². The lowest BCUT2D eigenvalue weighted by Crippen LogP contribution is -2.47. The Balaban J connectivity index is 1.91. The highest BCUT2D eigenvalue weighted by Gasteiger charge is 2.41. The van der Waals surface area contributed by atoms with Crippen LogP contribution >= 0.6 is 11.8 Å². The molecule has 5 heteroatoms. The monoisotopic (exact) mass is 618 g/mol. The van der Waals surface area contributed by atoms with Gasteiger partial charge in [-0.25, -0.2) is 8.78 Å². The van der Waals surface area contributed by atoms with Crippen LogP contribution < -0.4 is 0 Å². The van der Waals surface area contributed by atoms with E-state index in [1.165, 1.54) is 17.7 Å². The van der Waals surface area contributed by atoms with E-state index in [1.54, 1.807) is 6.08 Å². The standard InChI is InChI=1S/C39H52F2N2S/c1-25(23-38(5,6)7)16-19-29-21-32(40)35(33(41)22-29)37-36-31(20-27(3)42(37)24-39(8,9)10)30-14-12-13-15-34(30)43(36)26(2)17-18-28(4)44-11/h12-16,19,21-22,27-28,37H,1-2,17-18,20,23-24H2,3-11H3/b19-16+/t27-,28?,37?/m1/s1. The minimum atomic E-state index is -0.594. The molecule has 2 heterocycles. The van der Waals surface area contributed by atoms with Crippen LogP contribution in [0.3, 0.4) is 0 Å². The summed E-state index contributed by atoms with van der Waals surface area (Å²) in [5.41, 5.74) is 5.71. The third-order valence-electron chi connectivity index (χ3n) is 8.54. The fraction of sp³-hybridized carbons (Fsp3) is 0.487. The molecule has 1 aliphatic heterocycles. The van der Waals surface area contributed by atoms with Crippen LogP contribution in [0, 0.1) is 22.5 Å². The van der Waals surface area contributed by atoms with Gasteiger partial charge in [0.05, 0.1) is 11.6 Å². The van der Waals surface area contributed by atoms with Crippen molar-refractivity contribution in [1.82, 2.24) is 9.47 Å². The first-order valence-electron chi connectivity index (χ1n) is 15.9. The number of aromatic nitrogens is 1. The van der Waals surface area contributed by atoms with E-state index < -0.39 is 17.7 Å². The molecule has 0 spiro atoms. The Kier molecular flexibility index (Phi) is 10.4. The van der Waals surface area contributed by atoms with Gasteiger partial charge in [-0.15, -0.1) is 0 Å². The molecule has 3 aromatic rings. The second-order valence-electron chi connectivity index (χ2n) is 15.2. The molecule has 0 amide bonds. The summed E-state index contributed by atoms with van der Waals surface area (Å²) in [5, 5.41) is 1.64. The number of hydrogen-bond donors (Lipinski definition) is 0. The lowest BCUT2D eigenvalue weighted by molar-refractivity contribution is 0.0954. The number of para-hydroxylation sites is 1. The van der Waals surface area contributed by atoms with Gasteiger partial charge in [0.2, 0.25) is 0 Å². The Morgan fingerprint density at radius 1 is 1.05 bits per heavy atom. The van der Waals surface area contributed by atoms with Crippen LogP contribution in [0.4, 0.5) is 8.78 Å². The molecule has 2 unspecified atom stereocenters. The first kappa shape index (κ1) is 34.2. The summed E-state index contributed by atoms with van der Waals surface area (Å²) in [6.45, 7) is 26.9. The average molecular weight is 619 g/mol. The van der Waals surface area contributed by atoms with Gasteiger partial charge < -0.3 is 4.57 Å². The van der Waals surface area contributed by atoms with E-state index in [4.69, 9.17) is 0 Å². The third-order valence-corrected chi connectivity index (χ3v) is 9.58. The highest BCUT2D eigenvalue weighted by molar-refractivity contribution is 7.99. The molecule has 0 fully saturated rings. The molecule has 44 heavy (non-hydrogen) atoms. The second kappa shape index (κ2) is 13.4. The summed E-state index contributed by atoms with van der Waals surface area (Å²) in [5.74, 6) is -1.04. The quantitative estimate of drug-likeness (QED) is 0.209. The minimum absolute atomic E-state index is 0.0747. The summed E-state index contributed by atoms with van der Waals surface area (Å²) in [6.07, 6.45) is 9.19. The summed E-state index contributed by atoms with van der Waals surface area (Å²) in [6, 6.07) is 10.8. The number of halogens is 2. The van der Waals surface area contributed by atoms with Crippen molar-refractivity contribution in [2.45, 2.75) is 98.4 Å². The van der Waals surface area contributed by atoms with E-state index in [1.807, 2.05) is 23.9 Å². The Bertz CT molecular complexity index is 1530. The Hall–Kier alpha value is -2.63. The summed E-state index contributed by atoms with van der Waals surface area (Å²) in [7, 11) is 0. The van der Waals surface area contributed by atoms with E-state index in [2.05, 4.69) is 102 Å². The lowest BCUT2D eigenvalue weighted by atomic mass is 9.84. The Labute approximate surface area is 269 Å². The van der Waals surface area contributed by atoms with Gasteiger partial charge in [-0.3, -0.25) is 4.90 Å². The van der Waals surface area contributed by atoms with Gasteiger partial charge in [-0.1, -0.05) is 97.5 Å². The van der Waals surface area contributed by atoms with Crippen LogP contribution in [0.15, 0.2) is 61.2 Å². The molecular weight excluding hydrogens is 567 g/mol. The molecule has 0 radical (unpaired) electrons. The van der Waals surface area contributed by atoms with Gasteiger partial charge in [0.15, 0.2) is 0 Å². The number of allylic oxidation sites excluding steroid dienone is 3. The van der Waals surface area contributed by atoms with Gasteiger partial charge in [-0.05, 0) is 79.0 Å². The molecule has 238 valence electrons. The third kappa shape index (κ3) is 7.77. The minimum Gasteiger partial charge on any atom is -0.316 e. The molecule has 0 bridgehead atoms. The van der Waals surface area contributed by atoms with Crippen molar-refractivity contribution in [2.75, 3.05) is 12.8 Å². The number of thioether (sulfide) groups is 1. The molecule has 2 aromatic carbocycles. The van der Waals surface area contributed by atoms with Gasteiger partial charge in [0.25, 0.3) is 0 Å². The topological polar surface area (TPSA) is 8.17 Å². The fourth-order valence-electron chi connectivity index (χ4n) is 6.61. The predicted molar refractivity (Wildman–Crippen MR) is 189 cm³/mol. The van der Waals surface area contributed by atoms with Crippen molar-refractivity contribution < 1.29 is 8.78 Å². The molecular formula is C39H52F2N2S. The van der Waals surface area contributed by atoms with Crippen molar-refractivity contribution in [3.8, 4) is 0 Å². The summed E-state index contributed by atoms with van der Waals surface area (Å²) >= 11 is 1.85. The average Bonchev–Trinajstić information content (AvgIpc) is 3.23. The van der Waals surface area contributed by atoms with Gasteiger partial charge in [-0.2, -0.15) is 11.8 Å². The van der Waals surface area contributed by atoms with Crippen LogP contribution in [0.1, 0.15) is 103 Å². The number of fused-ring (bicyclic) bond motifs is 3. The highest BCUT2D eigenvalue weighted by atomic mass is 32.2. The summed E-state index contributed by atoms with van der Waals surface area (Å²) in [4.78, 5) is 2.32. The maximum Gasteiger partial charge on any atom is 0.131 e. The van der Waals surface area contributed by atoms with E-state index in [9.17, 15) is 0 Å². The van der Waals surface area contributed by atoms with Crippen LogP contribution in [0.5, 0.6) is 0 Å². The van der Waals surface area contributed by atoms with E-state index >= 15 is 8.78 Å². The maximum atomic E-state index is 16.4. The Morgan fingerprint density at radius 3 is 2.27 bits per heavy atom. The van der Waals surface area contributed by atoms with Gasteiger partial charge in [0, 0.05) is 40.2 Å². The molecule has 0 saturated heterocycles. The van der Waals surface area contributed by atoms with Crippen LogP contribution in [-0.4, -0.2) is 33.6 Å².